The van der Waals surface area contributed by atoms with Crippen LogP contribution < -0.4 is 15.8 Å². The molecule has 0 saturated carbocycles. The molecule has 0 fully saturated rings. The summed E-state index contributed by atoms with van der Waals surface area (Å²) in [5.74, 6) is 1.09. The summed E-state index contributed by atoms with van der Waals surface area (Å²) in [5, 5.41) is 2.75. The van der Waals surface area contributed by atoms with Gasteiger partial charge in [-0.1, -0.05) is 24.3 Å². The van der Waals surface area contributed by atoms with Gasteiger partial charge in [0.2, 0.25) is 0 Å². The van der Waals surface area contributed by atoms with Gasteiger partial charge in [0.05, 0.1) is 0 Å². The summed E-state index contributed by atoms with van der Waals surface area (Å²) in [6.45, 7) is 0.128. The number of hydrogen-bond acceptors (Lipinski definition) is 4. The van der Waals surface area contributed by atoms with Crippen LogP contribution in [0.2, 0.25) is 0 Å². The lowest BCUT2D eigenvalue weighted by atomic mass is 10.2. The Bertz CT molecular complexity index is 583. The van der Waals surface area contributed by atoms with Crippen LogP contribution in [0.3, 0.4) is 0 Å². The number of hydrogen-bond donors (Lipinski definition) is 2. The molecule has 1 unspecified atom stereocenters. The number of methoxy groups -OCH3 is 1. The van der Waals surface area contributed by atoms with Gasteiger partial charge in [-0.2, -0.15) is 0 Å². The van der Waals surface area contributed by atoms with Crippen LogP contribution in [0.4, 0.5) is 5.69 Å². The Hall–Kier alpha value is -2.37. The highest BCUT2D eigenvalue weighted by Gasteiger charge is 2.15. The van der Waals surface area contributed by atoms with E-state index in [9.17, 15) is 4.79 Å². The Labute approximate surface area is 123 Å². The first-order chi connectivity index (χ1) is 10.2. The monoisotopic (exact) mass is 286 g/mol. The number of benzene rings is 2. The molecular weight excluding hydrogens is 268 g/mol. The van der Waals surface area contributed by atoms with Gasteiger partial charge >= 0.3 is 0 Å². The molecule has 0 spiro atoms. The zero-order valence-electron chi connectivity index (χ0n) is 11.8. The third-order valence-corrected chi connectivity index (χ3v) is 2.87. The number of anilines is 1. The summed E-state index contributed by atoms with van der Waals surface area (Å²) >= 11 is 0. The second-order valence-electron chi connectivity index (χ2n) is 4.39. The number of rotatable bonds is 6. The van der Waals surface area contributed by atoms with Gasteiger partial charge in [0.15, 0.2) is 0 Å². The van der Waals surface area contributed by atoms with E-state index in [4.69, 9.17) is 15.2 Å². The molecule has 1 atom stereocenters. The maximum absolute atomic E-state index is 11.9. The molecule has 0 bridgehead atoms. The van der Waals surface area contributed by atoms with Gasteiger partial charge in [0, 0.05) is 25.4 Å². The van der Waals surface area contributed by atoms with Gasteiger partial charge in [-0.25, -0.2) is 0 Å². The molecule has 2 aromatic rings. The van der Waals surface area contributed by atoms with Gasteiger partial charge in [-0.05, 0) is 24.3 Å². The van der Waals surface area contributed by atoms with E-state index in [-0.39, 0.29) is 12.5 Å². The van der Waals surface area contributed by atoms with Crippen LogP contribution in [0, 0.1) is 0 Å². The van der Waals surface area contributed by atoms with E-state index >= 15 is 0 Å². The molecule has 0 aromatic heterocycles. The highest BCUT2D eigenvalue weighted by atomic mass is 16.5. The highest BCUT2D eigenvalue weighted by molar-refractivity contribution is 5.94. The van der Waals surface area contributed by atoms with Crippen molar-refractivity contribution in [2.24, 2.45) is 5.73 Å². The maximum atomic E-state index is 11.9. The van der Waals surface area contributed by atoms with Crippen LogP contribution in [0.15, 0.2) is 54.6 Å². The van der Waals surface area contributed by atoms with E-state index in [1.54, 1.807) is 18.2 Å². The van der Waals surface area contributed by atoms with Crippen molar-refractivity contribution in [2.45, 2.75) is 6.10 Å². The smallest absolute Gasteiger partial charge is 0.254 e. The van der Waals surface area contributed by atoms with Crippen LogP contribution >= 0.6 is 0 Å². The van der Waals surface area contributed by atoms with Crippen molar-refractivity contribution in [3.05, 3.63) is 54.6 Å². The molecule has 2 aromatic carbocycles. The Balaban J connectivity index is 2.06. The molecule has 21 heavy (non-hydrogen) atoms. The molecule has 5 nitrogen and oxygen atoms in total. The second kappa shape index (κ2) is 7.42. The van der Waals surface area contributed by atoms with Gasteiger partial charge < -0.3 is 20.5 Å². The van der Waals surface area contributed by atoms with Crippen LogP contribution in [0.1, 0.15) is 0 Å². The molecule has 110 valence electrons. The lowest BCUT2D eigenvalue weighted by molar-refractivity contribution is -0.125. The van der Waals surface area contributed by atoms with Crippen molar-refractivity contribution in [1.29, 1.82) is 0 Å². The molecule has 2 rings (SSSR count). The minimum atomic E-state index is -0.663. The van der Waals surface area contributed by atoms with E-state index in [2.05, 4.69) is 5.32 Å². The third kappa shape index (κ3) is 4.30. The normalized spacial score (nSPS) is 11.7. The van der Waals surface area contributed by atoms with Crippen molar-refractivity contribution in [3.8, 4) is 11.5 Å². The number of para-hydroxylation sites is 1. The van der Waals surface area contributed by atoms with E-state index in [0.717, 1.165) is 5.75 Å². The minimum absolute atomic E-state index is 0.128. The number of carbonyl (C=O) groups is 1. The maximum Gasteiger partial charge on any atom is 0.254 e. The molecule has 3 N–H and O–H groups in total. The zero-order chi connectivity index (χ0) is 15.1. The molecular formula is C16H18N2O3. The fourth-order valence-corrected chi connectivity index (χ4v) is 1.80. The summed E-state index contributed by atoms with van der Waals surface area (Å²) in [5.41, 5.74) is 6.09. The van der Waals surface area contributed by atoms with Gasteiger partial charge in [-0.15, -0.1) is 0 Å². The van der Waals surface area contributed by atoms with E-state index < -0.39 is 6.10 Å². The average Bonchev–Trinajstić information content (AvgIpc) is 2.50. The van der Waals surface area contributed by atoms with Crippen molar-refractivity contribution < 1.29 is 14.3 Å². The van der Waals surface area contributed by atoms with E-state index in [1.807, 2.05) is 36.4 Å². The van der Waals surface area contributed by atoms with Gasteiger partial charge in [0.1, 0.15) is 17.6 Å². The van der Waals surface area contributed by atoms with Crippen LogP contribution in [0.25, 0.3) is 0 Å². The Morgan fingerprint density at radius 3 is 2.52 bits per heavy atom. The number of carbonyl (C=O) groups excluding carboxylic acids is 1. The molecule has 0 heterocycles. The molecule has 0 radical (unpaired) electrons. The fourth-order valence-electron chi connectivity index (χ4n) is 1.80. The predicted molar refractivity (Wildman–Crippen MR) is 81.4 cm³/mol. The quantitative estimate of drug-likeness (QED) is 0.855. The van der Waals surface area contributed by atoms with Gasteiger partial charge in [-0.3, -0.25) is 4.79 Å². The fraction of sp³-hybridized carbons (Fsp3) is 0.188. The lowest BCUT2D eigenvalue weighted by Crippen LogP contribution is -2.35. The van der Waals surface area contributed by atoms with Crippen molar-refractivity contribution in [2.75, 3.05) is 19.0 Å². The van der Waals surface area contributed by atoms with Crippen LogP contribution in [0.5, 0.6) is 11.5 Å². The minimum Gasteiger partial charge on any atom is -0.457 e. The Morgan fingerprint density at radius 1 is 1.14 bits per heavy atom. The standard InChI is InChI=1S/C16H18N2O3/c1-20-15(11-17)16(19)18-12-6-5-9-14(10-12)21-13-7-3-2-4-8-13/h2-10,15H,11,17H2,1H3,(H,18,19). The van der Waals surface area contributed by atoms with Crippen LogP contribution in [-0.2, 0) is 9.53 Å². The van der Waals surface area contributed by atoms with Crippen molar-refractivity contribution >= 4 is 11.6 Å². The topological polar surface area (TPSA) is 73.6 Å². The van der Waals surface area contributed by atoms with E-state index in [0.29, 0.717) is 11.4 Å². The molecule has 0 aliphatic carbocycles. The van der Waals surface area contributed by atoms with E-state index in [1.165, 1.54) is 7.11 Å². The Morgan fingerprint density at radius 2 is 1.86 bits per heavy atom. The predicted octanol–water partition coefficient (Wildman–Crippen LogP) is 2.39. The lowest BCUT2D eigenvalue weighted by Gasteiger charge is -2.13. The molecule has 0 aliphatic rings. The largest absolute Gasteiger partial charge is 0.457 e. The molecule has 1 amide bonds. The first-order valence-electron chi connectivity index (χ1n) is 6.59. The second-order valence-corrected chi connectivity index (χ2v) is 4.39. The summed E-state index contributed by atoms with van der Waals surface area (Å²) < 4.78 is 10.7. The van der Waals surface area contributed by atoms with Crippen molar-refractivity contribution in [1.82, 2.24) is 0 Å². The summed E-state index contributed by atoms with van der Waals surface area (Å²) in [4.78, 5) is 11.9. The number of nitrogens with two attached hydrogens (primary N) is 1. The summed E-state index contributed by atoms with van der Waals surface area (Å²) in [6.07, 6.45) is -0.663. The molecule has 0 saturated heterocycles. The zero-order valence-corrected chi connectivity index (χ0v) is 11.8. The average molecular weight is 286 g/mol. The molecule has 5 heteroatoms. The number of nitrogens with one attached hydrogen (secondary N) is 1. The van der Waals surface area contributed by atoms with Gasteiger partial charge in [0.25, 0.3) is 5.91 Å². The number of amides is 1. The van der Waals surface area contributed by atoms with Crippen LogP contribution in [-0.4, -0.2) is 25.7 Å². The SMILES string of the molecule is COC(CN)C(=O)Nc1cccc(Oc2ccccc2)c1. The summed E-state index contributed by atoms with van der Waals surface area (Å²) in [7, 11) is 1.45. The number of ether oxygens (including phenoxy) is 2. The first-order valence-corrected chi connectivity index (χ1v) is 6.59. The molecule has 0 aliphatic heterocycles. The third-order valence-electron chi connectivity index (χ3n) is 2.87. The highest BCUT2D eigenvalue weighted by Crippen LogP contribution is 2.23. The first kappa shape index (κ1) is 15.0. The van der Waals surface area contributed by atoms with Crippen molar-refractivity contribution in [3.63, 3.8) is 0 Å². The summed E-state index contributed by atoms with van der Waals surface area (Å²) in [6, 6.07) is 16.6. The Kier molecular flexibility index (Phi) is 5.31.